The molecule has 0 spiro atoms. The minimum Gasteiger partial charge on any atom is -0.490 e. The van der Waals surface area contributed by atoms with Gasteiger partial charge in [-0.2, -0.15) is 8.78 Å². The Bertz CT molecular complexity index is 900. The van der Waals surface area contributed by atoms with Crippen molar-refractivity contribution in [1.82, 2.24) is 0 Å². The summed E-state index contributed by atoms with van der Waals surface area (Å²) in [4.78, 5) is 35.5. The van der Waals surface area contributed by atoms with Crippen LogP contribution in [0.25, 0.3) is 0 Å². The number of carbonyl (C=O) groups is 3. The summed E-state index contributed by atoms with van der Waals surface area (Å²) in [5.41, 5.74) is 0.807. The van der Waals surface area contributed by atoms with Crippen LogP contribution in [-0.4, -0.2) is 37.5 Å². The number of halogens is 2. The normalized spacial score (nSPS) is 10.4. The van der Waals surface area contributed by atoms with Crippen molar-refractivity contribution in [3.05, 3.63) is 53.6 Å². The van der Waals surface area contributed by atoms with Gasteiger partial charge in [0, 0.05) is 11.3 Å². The third-order valence-electron chi connectivity index (χ3n) is 3.58. The molecule has 2 aromatic rings. The number of carbonyl (C=O) groups excluding carboxylic acids is 3. The van der Waals surface area contributed by atoms with E-state index in [-0.39, 0.29) is 29.5 Å². The second kappa shape index (κ2) is 10.2. The summed E-state index contributed by atoms with van der Waals surface area (Å²) >= 11 is 0. The van der Waals surface area contributed by atoms with E-state index in [4.69, 9.17) is 9.47 Å². The molecule has 0 fully saturated rings. The molecule has 1 amide bonds. The maximum atomic E-state index is 12.4. The molecule has 2 aromatic carbocycles. The Kier molecular flexibility index (Phi) is 7.64. The Morgan fingerprint density at radius 3 is 2.45 bits per heavy atom. The maximum Gasteiger partial charge on any atom is 0.387 e. The monoisotopic (exact) mass is 407 g/mol. The van der Waals surface area contributed by atoms with Crippen molar-refractivity contribution in [2.24, 2.45) is 0 Å². The molecule has 0 bridgehead atoms. The SMILES string of the molecule is CCOc1cc(C(=O)OCC(=O)Nc2cccc(C(C)=O)c2)ccc1OC(F)F. The van der Waals surface area contributed by atoms with Gasteiger partial charge in [-0.15, -0.1) is 0 Å². The number of anilines is 1. The minimum atomic E-state index is -3.04. The van der Waals surface area contributed by atoms with E-state index in [1.165, 1.54) is 25.1 Å². The van der Waals surface area contributed by atoms with E-state index in [0.29, 0.717) is 11.3 Å². The summed E-state index contributed by atoms with van der Waals surface area (Å²) < 4.78 is 39.3. The zero-order chi connectivity index (χ0) is 21.4. The van der Waals surface area contributed by atoms with E-state index in [0.717, 1.165) is 6.07 Å². The average Bonchev–Trinajstić information content (AvgIpc) is 2.67. The standard InChI is InChI=1S/C20H19F2NO6/c1-3-27-17-10-14(7-8-16(17)29-20(21)22)19(26)28-11-18(25)23-15-6-4-5-13(9-15)12(2)24/h4-10,20H,3,11H2,1-2H3,(H,23,25). The van der Waals surface area contributed by atoms with E-state index in [1.54, 1.807) is 25.1 Å². The fourth-order valence-corrected chi connectivity index (χ4v) is 2.32. The molecule has 0 aliphatic heterocycles. The van der Waals surface area contributed by atoms with Gasteiger partial charge in [-0.25, -0.2) is 4.79 Å². The lowest BCUT2D eigenvalue weighted by Gasteiger charge is -2.12. The molecule has 0 saturated heterocycles. The number of ether oxygens (including phenoxy) is 3. The summed E-state index contributed by atoms with van der Waals surface area (Å²) in [5.74, 6) is -1.88. The number of hydrogen-bond acceptors (Lipinski definition) is 6. The first-order chi connectivity index (χ1) is 13.8. The molecular formula is C20H19F2NO6. The van der Waals surface area contributed by atoms with E-state index in [9.17, 15) is 23.2 Å². The summed E-state index contributed by atoms with van der Waals surface area (Å²) in [6, 6.07) is 9.86. The highest BCUT2D eigenvalue weighted by Gasteiger charge is 2.16. The fourth-order valence-electron chi connectivity index (χ4n) is 2.32. The molecule has 29 heavy (non-hydrogen) atoms. The highest BCUT2D eigenvalue weighted by atomic mass is 19.3. The molecule has 0 saturated carbocycles. The first-order valence-electron chi connectivity index (χ1n) is 8.59. The zero-order valence-electron chi connectivity index (χ0n) is 15.7. The van der Waals surface area contributed by atoms with E-state index in [2.05, 4.69) is 10.1 Å². The molecule has 0 heterocycles. The maximum absolute atomic E-state index is 12.4. The molecule has 7 nitrogen and oxygen atoms in total. The van der Waals surface area contributed by atoms with Crippen molar-refractivity contribution in [3.63, 3.8) is 0 Å². The van der Waals surface area contributed by atoms with Crippen LogP contribution in [0.5, 0.6) is 11.5 Å². The van der Waals surface area contributed by atoms with Crippen LogP contribution in [0.3, 0.4) is 0 Å². The molecule has 0 atom stereocenters. The number of Topliss-reactive ketones (excluding diaryl/α,β-unsaturated/α-hetero) is 1. The Morgan fingerprint density at radius 2 is 1.79 bits per heavy atom. The lowest BCUT2D eigenvalue weighted by atomic mass is 10.1. The van der Waals surface area contributed by atoms with Gasteiger partial charge < -0.3 is 19.5 Å². The summed E-state index contributed by atoms with van der Waals surface area (Å²) in [5, 5.41) is 2.51. The van der Waals surface area contributed by atoms with Crippen molar-refractivity contribution >= 4 is 23.3 Å². The van der Waals surface area contributed by atoms with Crippen LogP contribution in [0.4, 0.5) is 14.5 Å². The topological polar surface area (TPSA) is 90.9 Å². The van der Waals surface area contributed by atoms with Crippen LogP contribution in [0.15, 0.2) is 42.5 Å². The van der Waals surface area contributed by atoms with Crippen molar-refractivity contribution in [2.75, 3.05) is 18.5 Å². The molecule has 0 aliphatic carbocycles. The molecule has 154 valence electrons. The largest absolute Gasteiger partial charge is 0.490 e. The van der Waals surface area contributed by atoms with Crippen molar-refractivity contribution in [1.29, 1.82) is 0 Å². The quantitative estimate of drug-likeness (QED) is 0.504. The van der Waals surface area contributed by atoms with E-state index in [1.807, 2.05) is 0 Å². The van der Waals surface area contributed by atoms with Gasteiger partial charge in [0.2, 0.25) is 0 Å². The summed E-state index contributed by atoms with van der Waals surface area (Å²) in [6.07, 6.45) is 0. The number of nitrogens with one attached hydrogen (secondary N) is 1. The average molecular weight is 407 g/mol. The van der Waals surface area contributed by atoms with Crippen LogP contribution >= 0.6 is 0 Å². The minimum absolute atomic E-state index is 0.00134. The van der Waals surface area contributed by atoms with Gasteiger partial charge in [0.25, 0.3) is 5.91 Å². The van der Waals surface area contributed by atoms with Crippen molar-refractivity contribution in [2.45, 2.75) is 20.5 Å². The van der Waals surface area contributed by atoms with E-state index < -0.39 is 25.1 Å². The lowest BCUT2D eigenvalue weighted by molar-refractivity contribution is -0.119. The number of ketones is 1. The van der Waals surface area contributed by atoms with Gasteiger partial charge in [0.1, 0.15) is 0 Å². The van der Waals surface area contributed by atoms with Gasteiger partial charge in [0.15, 0.2) is 23.9 Å². The Hall–Kier alpha value is -3.49. The number of rotatable bonds is 9. The molecular weight excluding hydrogens is 388 g/mol. The highest BCUT2D eigenvalue weighted by Crippen LogP contribution is 2.30. The Labute approximate surface area is 165 Å². The van der Waals surface area contributed by atoms with Crippen LogP contribution in [0.2, 0.25) is 0 Å². The number of esters is 1. The molecule has 1 N–H and O–H groups in total. The van der Waals surface area contributed by atoms with Gasteiger partial charge in [0.05, 0.1) is 12.2 Å². The van der Waals surface area contributed by atoms with Gasteiger partial charge in [-0.3, -0.25) is 9.59 Å². The predicted octanol–water partition coefficient (Wildman–Crippen LogP) is 3.68. The fraction of sp³-hybridized carbons (Fsp3) is 0.250. The molecule has 0 radical (unpaired) electrons. The smallest absolute Gasteiger partial charge is 0.387 e. The second-order valence-electron chi connectivity index (χ2n) is 5.73. The first-order valence-corrected chi connectivity index (χ1v) is 8.59. The first kappa shape index (κ1) is 21.8. The van der Waals surface area contributed by atoms with Crippen molar-refractivity contribution < 1.29 is 37.4 Å². The van der Waals surface area contributed by atoms with E-state index >= 15 is 0 Å². The van der Waals surface area contributed by atoms with Crippen molar-refractivity contribution in [3.8, 4) is 11.5 Å². The number of amides is 1. The van der Waals surface area contributed by atoms with Crippen LogP contribution in [0.1, 0.15) is 34.6 Å². The number of hydrogen-bond donors (Lipinski definition) is 1. The van der Waals surface area contributed by atoms with Gasteiger partial charge >= 0.3 is 12.6 Å². The highest BCUT2D eigenvalue weighted by molar-refractivity contribution is 5.98. The third-order valence-corrected chi connectivity index (χ3v) is 3.58. The second-order valence-corrected chi connectivity index (χ2v) is 5.73. The summed E-state index contributed by atoms with van der Waals surface area (Å²) in [7, 11) is 0. The zero-order valence-corrected chi connectivity index (χ0v) is 15.7. The van der Waals surface area contributed by atoms with Gasteiger partial charge in [-0.1, -0.05) is 12.1 Å². The molecule has 0 aromatic heterocycles. The Morgan fingerprint density at radius 1 is 1.03 bits per heavy atom. The molecule has 0 unspecified atom stereocenters. The summed E-state index contributed by atoms with van der Waals surface area (Å²) in [6.45, 7) is -0.418. The lowest BCUT2D eigenvalue weighted by Crippen LogP contribution is -2.21. The van der Waals surface area contributed by atoms with Gasteiger partial charge in [-0.05, 0) is 44.2 Å². The van der Waals surface area contributed by atoms with Crippen LogP contribution < -0.4 is 14.8 Å². The molecule has 0 aliphatic rings. The molecule has 9 heteroatoms. The third kappa shape index (κ3) is 6.56. The van der Waals surface area contributed by atoms with Crippen LogP contribution in [0, 0.1) is 0 Å². The van der Waals surface area contributed by atoms with Crippen LogP contribution in [-0.2, 0) is 9.53 Å². The number of benzene rings is 2. The predicted molar refractivity (Wildman–Crippen MR) is 99.6 cm³/mol. The molecule has 2 rings (SSSR count). The Balaban J connectivity index is 1.99. The number of alkyl halides is 2.